The predicted molar refractivity (Wildman–Crippen MR) is 90.2 cm³/mol. The summed E-state index contributed by atoms with van der Waals surface area (Å²) in [7, 11) is 1.70. The van der Waals surface area contributed by atoms with Crippen LogP contribution in [0.1, 0.15) is 32.1 Å². The molecule has 0 N–H and O–H groups in total. The van der Waals surface area contributed by atoms with E-state index in [1.54, 1.807) is 30.1 Å². The molecular weight excluding hydrogens is 304 g/mol. The molecule has 124 valence electrons. The quantitative estimate of drug-likeness (QED) is 0.866. The molecule has 0 atom stereocenters. The molecule has 0 unspecified atom stereocenters. The molecule has 2 aromatic rings. The third kappa shape index (κ3) is 2.78. The van der Waals surface area contributed by atoms with E-state index in [1.807, 2.05) is 6.07 Å². The summed E-state index contributed by atoms with van der Waals surface area (Å²) < 4.78 is 1.53. The molecule has 1 aromatic heterocycles. The number of benzene rings is 1. The SMILES string of the molecule is CN(C(=O)Cn1ncc(=O)c2ccccc21)C1(C#N)CCCCC1. The molecule has 1 heterocycles. The summed E-state index contributed by atoms with van der Waals surface area (Å²) in [6, 6.07) is 9.45. The summed E-state index contributed by atoms with van der Waals surface area (Å²) in [5.74, 6) is -0.167. The molecule has 0 spiro atoms. The van der Waals surface area contributed by atoms with E-state index in [-0.39, 0.29) is 17.9 Å². The van der Waals surface area contributed by atoms with Crippen LogP contribution in [0.3, 0.4) is 0 Å². The number of hydrogen-bond donors (Lipinski definition) is 0. The van der Waals surface area contributed by atoms with Crippen LogP contribution in [-0.4, -0.2) is 33.2 Å². The Kier molecular flexibility index (Phi) is 4.34. The largest absolute Gasteiger partial charge is 0.325 e. The van der Waals surface area contributed by atoms with Crippen LogP contribution in [0.2, 0.25) is 0 Å². The van der Waals surface area contributed by atoms with Crippen molar-refractivity contribution in [1.29, 1.82) is 5.26 Å². The van der Waals surface area contributed by atoms with Crippen molar-refractivity contribution in [3.05, 3.63) is 40.7 Å². The molecule has 1 aliphatic rings. The van der Waals surface area contributed by atoms with Crippen molar-refractivity contribution < 1.29 is 4.79 Å². The van der Waals surface area contributed by atoms with Gasteiger partial charge in [0.15, 0.2) is 0 Å². The minimum absolute atomic E-state index is 0.0146. The molecule has 1 aromatic carbocycles. The second-order valence-corrected chi connectivity index (χ2v) is 6.34. The normalized spacial score (nSPS) is 16.5. The summed E-state index contributed by atoms with van der Waals surface area (Å²) >= 11 is 0. The molecule has 0 saturated heterocycles. The fourth-order valence-electron chi connectivity index (χ4n) is 3.42. The number of para-hydroxylation sites is 1. The zero-order chi connectivity index (χ0) is 17.2. The Labute approximate surface area is 140 Å². The van der Waals surface area contributed by atoms with Crippen molar-refractivity contribution in [3.8, 4) is 6.07 Å². The lowest BCUT2D eigenvalue weighted by molar-refractivity contribution is -0.135. The standard InChI is InChI=1S/C18H20N4O2/c1-21(18(13-19)9-5-2-6-10-18)17(24)12-22-15-8-4-3-7-14(15)16(23)11-20-22/h3-4,7-8,11H,2,5-6,9-10,12H2,1H3. The summed E-state index contributed by atoms with van der Waals surface area (Å²) in [6.07, 6.45) is 5.69. The second-order valence-electron chi connectivity index (χ2n) is 6.34. The summed E-state index contributed by atoms with van der Waals surface area (Å²) in [4.78, 5) is 26.2. The van der Waals surface area contributed by atoms with Crippen molar-refractivity contribution in [1.82, 2.24) is 14.7 Å². The number of likely N-dealkylation sites (N-methyl/N-ethyl adjacent to an activating group) is 1. The lowest BCUT2D eigenvalue weighted by atomic mass is 9.81. The van der Waals surface area contributed by atoms with Gasteiger partial charge in [0.25, 0.3) is 0 Å². The third-order valence-corrected chi connectivity index (χ3v) is 4.95. The van der Waals surface area contributed by atoms with Crippen LogP contribution in [0.25, 0.3) is 10.9 Å². The third-order valence-electron chi connectivity index (χ3n) is 4.95. The number of nitriles is 1. The van der Waals surface area contributed by atoms with Crippen LogP contribution >= 0.6 is 0 Å². The smallest absolute Gasteiger partial charge is 0.245 e. The van der Waals surface area contributed by atoms with Crippen LogP contribution in [0, 0.1) is 11.3 Å². The van der Waals surface area contributed by atoms with Crippen LogP contribution in [0.4, 0.5) is 0 Å². The molecule has 1 fully saturated rings. The van der Waals surface area contributed by atoms with E-state index >= 15 is 0 Å². The number of nitrogens with zero attached hydrogens (tertiary/aromatic N) is 4. The van der Waals surface area contributed by atoms with E-state index in [2.05, 4.69) is 11.2 Å². The van der Waals surface area contributed by atoms with Crippen molar-refractivity contribution in [2.45, 2.75) is 44.2 Å². The average Bonchev–Trinajstić information content (AvgIpc) is 2.64. The fourth-order valence-corrected chi connectivity index (χ4v) is 3.42. The van der Waals surface area contributed by atoms with E-state index in [1.165, 1.54) is 10.9 Å². The number of carbonyl (C=O) groups excluding carboxylic acids is 1. The van der Waals surface area contributed by atoms with Gasteiger partial charge in [0.1, 0.15) is 12.1 Å². The summed E-state index contributed by atoms with van der Waals surface area (Å²) in [6.45, 7) is 0.0146. The van der Waals surface area contributed by atoms with E-state index in [0.717, 1.165) is 19.3 Å². The van der Waals surface area contributed by atoms with Gasteiger partial charge in [-0.3, -0.25) is 14.3 Å². The molecule has 1 saturated carbocycles. The monoisotopic (exact) mass is 324 g/mol. The Hall–Kier alpha value is -2.68. The molecule has 24 heavy (non-hydrogen) atoms. The van der Waals surface area contributed by atoms with Crippen LogP contribution in [0.15, 0.2) is 35.3 Å². The highest BCUT2D eigenvalue weighted by molar-refractivity contribution is 5.82. The Morgan fingerprint density at radius 1 is 1.33 bits per heavy atom. The average molecular weight is 324 g/mol. The Morgan fingerprint density at radius 3 is 2.75 bits per heavy atom. The van der Waals surface area contributed by atoms with Gasteiger partial charge in [-0.25, -0.2) is 0 Å². The molecule has 0 bridgehead atoms. The minimum atomic E-state index is -0.718. The van der Waals surface area contributed by atoms with Crippen LogP contribution in [-0.2, 0) is 11.3 Å². The molecule has 1 aliphatic carbocycles. The lowest BCUT2D eigenvalue weighted by Crippen LogP contribution is -2.50. The maximum atomic E-state index is 12.7. The van der Waals surface area contributed by atoms with Gasteiger partial charge in [0.2, 0.25) is 11.3 Å². The van der Waals surface area contributed by atoms with Crippen molar-refractivity contribution in [3.63, 3.8) is 0 Å². The van der Waals surface area contributed by atoms with Crippen molar-refractivity contribution in [2.75, 3.05) is 7.05 Å². The second kappa shape index (κ2) is 6.44. The Bertz CT molecular complexity index is 859. The van der Waals surface area contributed by atoms with Gasteiger partial charge < -0.3 is 4.90 Å². The first-order valence-electron chi connectivity index (χ1n) is 8.20. The summed E-state index contributed by atoms with van der Waals surface area (Å²) in [5, 5.41) is 14.3. The van der Waals surface area contributed by atoms with E-state index in [0.29, 0.717) is 23.7 Å². The van der Waals surface area contributed by atoms with Gasteiger partial charge in [-0.2, -0.15) is 10.4 Å². The van der Waals surface area contributed by atoms with Gasteiger partial charge >= 0.3 is 0 Å². The topological polar surface area (TPSA) is 79.0 Å². The first-order valence-corrected chi connectivity index (χ1v) is 8.20. The molecular formula is C18H20N4O2. The fraction of sp³-hybridized carbons (Fsp3) is 0.444. The highest BCUT2D eigenvalue weighted by Crippen LogP contribution is 2.32. The van der Waals surface area contributed by atoms with E-state index in [4.69, 9.17) is 0 Å². The van der Waals surface area contributed by atoms with Crippen molar-refractivity contribution >= 4 is 16.8 Å². The number of fused-ring (bicyclic) bond motifs is 1. The maximum absolute atomic E-state index is 12.7. The molecule has 1 amide bonds. The highest BCUT2D eigenvalue weighted by atomic mass is 16.2. The van der Waals surface area contributed by atoms with E-state index in [9.17, 15) is 14.9 Å². The Balaban J connectivity index is 1.89. The Morgan fingerprint density at radius 2 is 2.04 bits per heavy atom. The number of carbonyl (C=O) groups is 1. The summed E-state index contributed by atoms with van der Waals surface area (Å²) in [5.41, 5.74) is -0.255. The molecule has 3 rings (SSSR count). The van der Waals surface area contributed by atoms with Crippen molar-refractivity contribution in [2.24, 2.45) is 0 Å². The van der Waals surface area contributed by atoms with Gasteiger partial charge in [0.05, 0.1) is 17.8 Å². The number of aromatic nitrogens is 2. The number of hydrogen-bond acceptors (Lipinski definition) is 4. The zero-order valence-electron chi connectivity index (χ0n) is 13.7. The van der Waals surface area contributed by atoms with Gasteiger partial charge in [-0.1, -0.05) is 31.4 Å². The minimum Gasteiger partial charge on any atom is -0.325 e. The van der Waals surface area contributed by atoms with Crippen LogP contribution in [0.5, 0.6) is 0 Å². The van der Waals surface area contributed by atoms with Gasteiger partial charge in [0, 0.05) is 12.4 Å². The molecule has 0 aliphatic heterocycles. The zero-order valence-corrected chi connectivity index (χ0v) is 13.7. The first-order chi connectivity index (χ1) is 11.6. The molecule has 6 heteroatoms. The molecule has 6 nitrogen and oxygen atoms in total. The predicted octanol–water partition coefficient (Wildman–Crippen LogP) is 2.08. The van der Waals surface area contributed by atoms with Gasteiger partial charge in [-0.05, 0) is 25.0 Å². The number of rotatable bonds is 3. The van der Waals surface area contributed by atoms with E-state index < -0.39 is 5.54 Å². The van der Waals surface area contributed by atoms with Gasteiger partial charge in [-0.15, -0.1) is 0 Å². The first kappa shape index (κ1) is 16.2. The highest BCUT2D eigenvalue weighted by Gasteiger charge is 2.38. The maximum Gasteiger partial charge on any atom is 0.245 e. The molecule has 0 radical (unpaired) electrons. The number of amides is 1. The van der Waals surface area contributed by atoms with Crippen LogP contribution < -0.4 is 5.43 Å². The lowest BCUT2D eigenvalue weighted by Gasteiger charge is -2.39.